The summed E-state index contributed by atoms with van der Waals surface area (Å²) in [5, 5.41) is 12.2. The second kappa shape index (κ2) is 6.18. The molecule has 2 N–H and O–H groups in total. The molecule has 0 aromatic rings. The molecule has 0 radical (unpaired) electrons. The molecular weight excluding hydrogens is 220 g/mol. The van der Waals surface area contributed by atoms with Gasteiger partial charge in [0, 0.05) is 19.2 Å². The predicted molar refractivity (Wildman–Crippen MR) is 64.9 cm³/mol. The van der Waals surface area contributed by atoms with Crippen molar-refractivity contribution in [3.8, 4) is 0 Å². The quantitative estimate of drug-likeness (QED) is 0.758. The van der Waals surface area contributed by atoms with Gasteiger partial charge in [-0.2, -0.15) is 0 Å². The minimum Gasteiger partial charge on any atom is -0.503 e. The summed E-state index contributed by atoms with van der Waals surface area (Å²) in [4.78, 5) is 26.9. The molecule has 0 bridgehead atoms. The molecule has 1 atom stereocenters. The third-order valence-electron chi connectivity index (χ3n) is 2.62. The molecule has 0 spiro atoms. The second-order valence-corrected chi connectivity index (χ2v) is 4.07. The Bertz CT molecular complexity index is 372. The average molecular weight is 238 g/mol. The second-order valence-electron chi connectivity index (χ2n) is 4.07. The van der Waals surface area contributed by atoms with Gasteiger partial charge >= 0.3 is 0 Å². The van der Waals surface area contributed by atoms with Gasteiger partial charge < -0.3 is 10.4 Å². The molecule has 1 aliphatic heterocycles. The Hall–Kier alpha value is -1.65. The molecule has 5 nitrogen and oxygen atoms in total. The van der Waals surface area contributed by atoms with Crippen molar-refractivity contribution in [3.05, 3.63) is 11.5 Å². The van der Waals surface area contributed by atoms with Crippen molar-refractivity contribution in [3.63, 3.8) is 0 Å². The number of rotatable bonds is 5. The number of carbonyl (C=O) groups is 2. The van der Waals surface area contributed by atoms with Crippen molar-refractivity contribution in [2.24, 2.45) is 10.9 Å². The van der Waals surface area contributed by atoms with E-state index in [2.05, 4.69) is 10.3 Å². The van der Waals surface area contributed by atoms with Crippen LogP contribution in [0.25, 0.3) is 0 Å². The number of hydrogen-bond acceptors (Lipinski definition) is 4. The van der Waals surface area contributed by atoms with Gasteiger partial charge in [0.15, 0.2) is 5.76 Å². The number of carbonyl (C=O) groups excluding carboxylic acids is 2. The van der Waals surface area contributed by atoms with Gasteiger partial charge in [0.2, 0.25) is 11.7 Å². The first-order valence-corrected chi connectivity index (χ1v) is 5.81. The molecule has 0 saturated heterocycles. The van der Waals surface area contributed by atoms with E-state index in [1.165, 1.54) is 6.21 Å². The van der Waals surface area contributed by atoms with E-state index >= 15 is 0 Å². The maximum atomic E-state index is 11.6. The number of aliphatic hydroxyl groups is 1. The molecule has 17 heavy (non-hydrogen) atoms. The summed E-state index contributed by atoms with van der Waals surface area (Å²) >= 11 is 0. The summed E-state index contributed by atoms with van der Waals surface area (Å²) in [5.74, 6) is -1.18. The van der Waals surface area contributed by atoms with E-state index in [1.807, 2.05) is 6.92 Å². The Labute approximate surface area is 101 Å². The molecular formula is C12H18N2O3. The fourth-order valence-electron chi connectivity index (χ4n) is 1.53. The number of Topliss-reactive ketones (excluding diaryl/α,β-unsaturated/α-hetero) is 1. The zero-order chi connectivity index (χ0) is 12.8. The Morgan fingerprint density at radius 2 is 2.29 bits per heavy atom. The number of ketones is 1. The normalized spacial score (nSPS) is 19.6. The minimum absolute atomic E-state index is 0.0705. The highest BCUT2D eigenvalue weighted by atomic mass is 16.3. The standard InChI is InChI=1S/C12H18N2O3/c1-3-6-13-10(15)5-4-9-7-14-8(2)11(16)12(9)17/h7,9,16H,3-6H2,1-2H3,(H,13,15). The van der Waals surface area contributed by atoms with Crippen molar-refractivity contribution < 1.29 is 14.7 Å². The van der Waals surface area contributed by atoms with Gasteiger partial charge in [-0.1, -0.05) is 6.92 Å². The van der Waals surface area contributed by atoms with Crippen molar-refractivity contribution >= 4 is 17.9 Å². The Morgan fingerprint density at radius 3 is 2.94 bits per heavy atom. The van der Waals surface area contributed by atoms with Crippen molar-refractivity contribution in [1.82, 2.24) is 5.32 Å². The molecule has 1 aliphatic rings. The van der Waals surface area contributed by atoms with Gasteiger partial charge in [0.25, 0.3) is 0 Å². The van der Waals surface area contributed by atoms with Gasteiger partial charge in [0.1, 0.15) is 0 Å². The molecule has 94 valence electrons. The molecule has 1 rings (SSSR count). The van der Waals surface area contributed by atoms with Crippen LogP contribution in [0.15, 0.2) is 16.4 Å². The van der Waals surface area contributed by atoms with Crippen LogP contribution in [0.5, 0.6) is 0 Å². The number of nitrogens with zero attached hydrogens (tertiary/aromatic N) is 1. The lowest BCUT2D eigenvalue weighted by Crippen LogP contribution is -2.27. The number of aliphatic hydroxyl groups excluding tert-OH is 1. The fraction of sp³-hybridized carbons (Fsp3) is 0.583. The Morgan fingerprint density at radius 1 is 1.59 bits per heavy atom. The monoisotopic (exact) mass is 238 g/mol. The SMILES string of the molecule is CCCNC(=O)CCC1C=NC(C)=C(O)C1=O. The van der Waals surface area contributed by atoms with Crippen LogP contribution in [0.3, 0.4) is 0 Å². The van der Waals surface area contributed by atoms with Crippen molar-refractivity contribution in [2.45, 2.75) is 33.1 Å². The lowest BCUT2D eigenvalue weighted by atomic mass is 9.95. The van der Waals surface area contributed by atoms with Crippen molar-refractivity contribution in [1.29, 1.82) is 0 Å². The van der Waals surface area contributed by atoms with Gasteiger partial charge in [-0.25, -0.2) is 0 Å². The largest absolute Gasteiger partial charge is 0.503 e. The van der Waals surface area contributed by atoms with Gasteiger partial charge in [-0.15, -0.1) is 0 Å². The van der Waals surface area contributed by atoms with E-state index in [4.69, 9.17) is 0 Å². The van der Waals surface area contributed by atoms with Crippen LogP contribution in [-0.4, -0.2) is 29.6 Å². The summed E-state index contributed by atoms with van der Waals surface area (Å²) in [7, 11) is 0. The third-order valence-corrected chi connectivity index (χ3v) is 2.62. The highest BCUT2D eigenvalue weighted by molar-refractivity contribution is 6.06. The maximum Gasteiger partial charge on any atom is 0.220 e. The van der Waals surface area contributed by atoms with E-state index in [0.717, 1.165) is 6.42 Å². The molecule has 0 saturated carbocycles. The first kappa shape index (κ1) is 13.4. The number of amides is 1. The molecule has 0 aliphatic carbocycles. The van der Waals surface area contributed by atoms with E-state index in [1.54, 1.807) is 6.92 Å². The zero-order valence-electron chi connectivity index (χ0n) is 10.2. The summed E-state index contributed by atoms with van der Waals surface area (Å²) in [6, 6.07) is 0. The predicted octanol–water partition coefficient (Wildman–Crippen LogP) is 1.35. The first-order chi connectivity index (χ1) is 8.06. The number of allylic oxidation sites excluding steroid dienone is 2. The summed E-state index contributed by atoms with van der Waals surface area (Å²) < 4.78 is 0. The topological polar surface area (TPSA) is 78.8 Å². The Kier molecular flexibility index (Phi) is 4.87. The van der Waals surface area contributed by atoms with E-state index in [-0.39, 0.29) is 23.9 Å². The average Bonchev–Trinajstić information content (AvgIpc) is 2.32. The number of aliphatic imine (C=N–C) groups is 1. The van der Waals surface area contributed by atoms with Crippen LogP contribution in [0.1, 0.15) is 33.1 Å². The lowest BCUT2D eigenvalue weighted by Gasteiger charge is -2.15. The molecule has 0 aromatic heterocycles. The minimum atomic E-state index is -0.480. The van der Waals surface area contributed by atoms with Gasteiger partial charge in [-0.05, 0) is 19.8 Å². The third kappa shape index (κ3) is 3.69. The highest BCUT2D eigenvalue weighted by Gasteiger charge is 2.25. The Balaban J connectivity index is 2.42. The maximum absolute atomic E-state index is 11.6. The van der Waals surface area contributed by atoms with Crippen LogP contribution in [0, 0.1) is 5.92 Å². The van der Waals surface area contributed by atoms with Gasteiger partial charge in [-0.3, -0.25) is 14.6 Å². The summed E-state index contributed by atoms with van der Waals surface area (Å²) in [6.45, 7) is 4.20. The van der Waals surface area contributed by atoms with Crippen LogP contribution >= 0.6 is 0 Å². The molecule has 0 aromatic carbocycles. The molecule has 1 heterocycles. The highest BCUT2D eigenvalue weighted by Crippen LogP contribution is 2.18. The van der Waals surface area contributed by atoms with E-state index in [9.17, 15) is 14.7 Å². The zero-order valence-corrected chi connectivity index (χ0v) is 10.2. The fourth-order valence-corrected chi connectivity index (χ4v) is 1.53. The van der Waals surface area contributed by atoms with Gasteiger partial charge in [0.05, 0.1) is 11.6 Å². The summed E-state index contributed by atoms with van der Waals surface area (Å²) in [6.07, 6.45) is 3.05. The van der Waals surface area contributed by atoms with E-state index < -0.39 is 5.92 Å². The first-order valence-electron chi connectivity index (χ1n) is 5.81. The molecule has 1 unspecified atom stereocenters. The van der Waals surface area contributed by atoms with Crippen LogP contribution in [-0.2, 0) is 9.59 Å². The van der Waals surface area contributed by atoms with Crippen molar-refractivity contribution in [2.75, 3.05) is 6.54 Å². The smallest absolute Gasteiger partial charge is 0.220 e. The van der Waals surface area contributed by atoms with Crippen LogP contribution in [0.4, 0.5) is 0 Å². The lowest BCUT2D eigenvalue weighted by molar-refractivity contribution is -0.122. The number of nitrogens with one attached hydrogen (secondary N) is 1. The molecule has 0 fully saturated rings. The summed E-state index contributed by atoms with van der Waals surface area (Å²) in [5.41, 5.74) is 0.335. The molecule has 5 heteroatoms. The molecule has 1 amide bonds. The van der Waals surface area contributed by atoms with Crippen LogP contribution in [0.2, 0.25) is 0 Å². The number of hydrogen-bond donors (Lipinski definition) is 2. The van der Waals surface area contributed by atoms with E-state index in [0.29, 0.717) is 18.7 Å². The van der Waals surface area contributed by atoms with Crippen LogP contribution < -0.4 is 5.32 Å².